The zero-order valence-corrected chi connectivity index (χ0v) is 14.5. The van der Waals surface area contributed by atoms with Crippen LogP contribution in [0.25, 0.3) is 0 Å². The van der Waals surface area contributed by atoms with Gasteiger partial charge in [0.2, 0.25) is 0 Å². The van der Waals surface area contributed by atoms with Crippen molar-refractivity contribution in [3.8, 4) is 5.75 Å². The third kappa shape index (κ3) is 6.48. The molecule has 118 valence electrons. The van der Waals surface area contributed by atoms with E-state index in [9.17, 15) is 4.79 Å². The van der Waals surface area contributed by atoms with E-state index in [2.05, 4.69) is 28.2 Å². The SMILES string of the molecule is CCCCNCc1ccc(O[C@H](C)C(=O)OCC)c(Br)c1. The normalized spacial score (nSPS) is 12.0. The smallest absolute Gasteiger partial charge is 0.347 e. The third-order valence-corrected chi connectivity index (χ3v) is 3.57. The second-order valence-electron chi connectivity index (χ2n) is 4.81. The largest absolute Gasteiger partial charge is 0.478 e. The number of carbonyl (C=O) groups excluding carboxylic acids is 1. The number of ether oxygens (including phenoxy) is 2. The summed E-state index contributed by atoms with van der Waals surface area (Å²) in [7, 11) is 0. The molecule has 5 heteroatoms. The van der Waals surface area contributed by atoms with Gasteiger partial charge in [-0.25, -0.2) is 4.79 Å². The summed E-state index contributed by atoms with van der Waals surface area (Å²) in [4.78, 5) is 11.6. The first-order valence-corrected chi connectivity index (χ1v) is 8.20. The summed E-state index contributed by atoms with van der Waals surface area (Å²) in [5, 5.41) is 3.39. The van der Waals surface area contributed by atoms with Crippen LogP contribution in [0.4, 0.5) is 0 Å². The van der Waals surface area contributed by atoms with Gasteiger partial charge in [-0.15, -0.1) is 0 Å². The number of hydrogen-bond acceptors (Lipinski definition) is 4. The van der Waals surface area contributed by atoms with Crippen molar-refractivity contribution in [2.75, 3.05) is 13.2 Å². The Balaban J connectivity index is 2.55. The van der Waals surface area contributed by atoms with Crippen molar-refractivity contribution in [1.82, 2.24) is 5.32 Å². The van der Waals surface area contributed by atoms with Crippen LogP contribution in [0.3, 0.4) is 0 Å². The van der Waals surface area contributed by atoms with Crippen molar-refractivity contribution >= 4 is 21.9 Å². The maximum absolute atomic E-state index is 11.6. The predicted octanol–water partition coefficient (Wildman–Crippen LogP) is 3.67. The number of esters is 1. The Bertz CT molecular complexity index is 451. The van der Waals surface area contributed by atoms with E-state index in [0.717, 1.165) is 17.6 Å². The summed E-state index contributed by atoms with van der Waals surface area (Å²) in [6.45, 7) is 7.84. The van der Waals surface area contributed by atoms with E-state index < -0.39 is 6.10 Å². The molecule has 4 nitrogen and oxygen atoms in total. The van der Waals surface area contributed by atoms with Crippen LogP contribution in [-0.4, -0.2) is 25.2 Å². The first-order chi connectivity index (χ1) is 10.1. The number of nitrogens with one attached hydrogen (secondary N) is 1. The Morgan fingerprint density at radius 1 is 1.38 bits per heavy atom. The standard InChI is InChI=1S/C16H24BrNO3/c1-4-6-9-18-11-13-7-8-15(14(17)10-13)21-12(3)16(19)20-5-2/h7-8,10,12,18H,4-6,9,11H2,1-3H3/t12-/m1/s1. The summed E-state index contributed by atoms with van der Waals surface area (Å²) in [5.74, 6) is 0.294. The summed E-state index contributed by atoms with van der Waals surface area (Å²) in [6.07, 6.45) is 1.75. The second kappa shape index (κ2) is 9.79. The topological polar surface area (TPSA) is 47.6 Å². The minimum atomic E-state index is -0.616. The fourth-order valence-electron chi connectivity index (χ4n) is 1.78. The van der Waals surface area contributed by atoms with Crippen LogP contribution >= 0.6 is 15.9 Å². The van der Waals surface area contributed by atoms with Gasteiger partial charge in [0.15, 0.2) is 6.10 Å². The van der Waals surface area contributed by atoms with Gasteiger partial charge in [0.25, 0.3) is 0 Å². The molecular formula is C16H24BrNO3. The highest BCUT2D eigenvalue weighted by Crippen LogP contribution is 2.27. The lowest BCUT2D eigenvalue weighted by Crippen LogP contribution is -2.26. The zero-order chi connectivity index (χ0) is 15.7. The lowest BCUT2D eigenvalue weighted by molar-refractivity contribution is -0.150. The summed E-state index contributed by atoms with van der Waals surface area (Å²) in [5.41, 5.74) is 1.18. The highest BCUT2D eigenvalue weighted by atomic mass is 79.9. The quantitative estimate of drug-likeness (QED) is 0.541. The van der Waals surface area contributed by atoms with E-state index in [4.69, 9.17) is 9.47 Å². The van der Waals surface area contributed by atoms with Crippen molar-refractivity contribution in [1.29, 1.82) is 0 Å². The molecule has 0 heterocycles. The van der Waals surface area contributed by atoms with Gasteiger partial charge in [-0.05, 0) is 60.4 Å². The fraction of sp³-hybridized carbons (Fsp3) is 0.562. The molecule has 0 spiro atoms. The van der Waals surface area contributed by atoms with Gasteiger partial charge in [0.1, 0.15) is 5.75 Å². The molecule has 0 unspecified atom stereocenters. The average Bonchev–Trinajstić information content (AvgIpc) is 2.46. The van der Waals surface area contributed by atoms with Crippen molar-refractivity contribution in [2.24, 2.45) is 0 Å². The van der Waals surface area contributed by atoms with E-state index >= 15 is 0 Å². The molecule has 0 fully saturated rings. The molecule has 0 aliphatic rings. The molecule has 0 aromatic heterocycles. The Labute approximate surface area is 135 Å². The third-order valence-electron chi connectivity index (χ3n) is 2.95. The molecule has 0 aliphatic carbocycles. The molecule has 1 aromatic rings. The maximum Gasteiger partial charge on any atom is 0.347 e. The molecule has 0 bridgehead atoms. The lowest BCUT2D eigenvalue weighted by Gasteiger charge is -2.15. The summed E-state index contributed by atoms with van der Waals surface area (Å²) < 4.78 is 11.4. The second-order valence-corrected chi connectivity index (χ2v) is 5.66. The van der Waals surface area contributed by atoms with Gasteiger partial charge in [0.05, 0.1) is 11.1 Å². The number of rotatable bonds is 9. The van der Waals surface area contributed by atoms with Gasteiger partial charge >= 0.3 is 5.97 Å². The van der Waals surface area contributed by atoms with E-state index in [0.29, 0.717) is 12.4 Å². The van der Waals surface area contributed by atoms with Crippen LogP contribution in [0.15, 0.2) is 22.7 Å². The van der Waals surface area contributed by atoms with E-state index in [-0.39, 0.29) is 5.97 Å². The first kappa shape index (κ1) is 18.0. The summed E-state index contributed by atoms with van der Waals surface area (Å²) in [6, 6.07) is 5.87. The fourth-order valence-corrected chi connectivity index (χ4v) is 2.30. The lowest BCUT2D eigenvalue weighted by atomic mass is 10.2. The number of halogens is 1. The van der Waals surface area contributed by atoms with Crippen LogP contribution in [0, 0.1) is 0 Å². The molecule has 0 aliphatic heterocycles. The summed E-state index contributed by atoms with van der Waals surface area (Å²) >= 11 is 3.48. The maximum atomic E-state index is 11.6. The van der Waals surface area contributed by atoms with Gasteiger partial charge in [-0.1, -0.05) is 19.4 Å². The number of unbranched alkanes of at least 4 members (excludes halogenated alkanes) is 1. The minimum absolute atomic E-state index is 0.352. The van der Waals surface area contributed by atoms with Crippen molar-refractivity contribution < 1.29 is 14.3 Å². The van der Waals surface area contributed by atoms with Crippen molar-refractivity contribution in [3.05, 3.63) is 28.2 Å². The van der Waals surface area contributed by atoms with Crippen molar-refractivity contribution in [2.45, 2.75) is 46.3 Å². The monoisotopic (exact) mass is 357 g/mol. The average molecular weight is 358 g/mol. The molecule has 0 saturated carbocycles. The molecule has 1 rings (SSSR count). The van der Waals surface area contributed by atoms with Crippen LogP contribution in [0.5, 0.6) is 5.75 Å². The molecule has 1 N–H and O–H groups in total. The minimum Gasteiger partial charge on any atom is -0.478 e. The highest BCUT2D eigenvalue weighted by Gasteiger charge is 2.17. The molecule has 0 radical (unpaired) electrons. The highest BCUT2D eigenvalue weighted by molar-refractivity contribution is 9.10. The number of hydrogen-bond donors (Lipinski definition) is 1. The molecule has 1 atom stereocenters. The molecule has 1 aromatic carbocycles. The van der Waals surface area contributed by atoms with Gasteiger partial charge in [-0.3, -0.25) is 0 Å². The zero-order valence-electron chi connectivity index (χ0n) is 12.9. The molecular weight excluding hydrogens is 334 g/mol. The van der Waals surface area contributed by atoms with E-state index in [1.54, 1.807) is 13.8 Å². The van der Waals surface area contributed by atoms with E-state index in [1.165, 1.54) is 18.4 Å². The van der Waals surface area contributed by atoms with Gasteiger partial charge in [-0.2, -0.15) is 0 Å². The van der Waals surface area contributed by atoms with Crippen LogP contribution < -0.4 is 10.1 Å². The Morgan fingerprint density at radius 2 is 2.14 bits per heavy atom. The van der Waals surface area contributed by atoms with E-state index in [1.807, 2.05) is 18.2 Å². The van der Waals surface area contributed by atoms with Gasteiger partial charge < -0.3 is 14.8 Å². The van der Waals surface area contributed by atoms with Crippen LogP contribution in [0.1, 0.15) is 39.2 Å². The Kier molecular flexibility index (Phi) is 8.38. The Morgan fingerprint density at radius 3 is 2.76 bits per heavy atom. The molecule has 0 saturated heterocycles. The van der Waals surface area contributed by atoms with Gasteiger partial charge in [0, 0.05) is 6.54 Å². The van der Waals surface area contributed by atoms with Crippen LogP contribution in [0.2, 0.25) is 0 Å². The van der Waals surface area contributed by atoms with Crippen LogP contribution in [-0.2, 0) is 16.1 Å². The Hall–Kier alpha value is -1.07. The number of carbonyl (C=O) groups is 1. The molecule has 21 heavy (non-hydrogen) atoms. The molecule has 0 amide bonds. The first-order valence-electron chi connectivity index (χ1n) is 7.40. The number of benzene rings is 1. The van der Waals surface area contributed by atoms with Crippen molar-refractivity contribution in [3.63, 3.8) is 0 Å². The predicted molar refractivity (Wildman–Crippen MR) is 87.5 cm³/mol.